The molecular formula is C12H19NO4S. The molecule has 0 saturated carbocycles. The average Bonchev–Trinajstić information content (AvgIpc) is 2.37. The lowest BCUT2D eigenvalue weighted by molar-refractivity contribution is -0.156. The van der Waals surface area contributed by atoms with Crippen LogP contribution in [-0.4, -0.2) is 59.2 Å². The minimum atomic E-state index is -0.657. The van der Waals surface area contributed by atoms with Crippen molar-refractivity contribution < 1.29 is 19.4 Å². The summed E-state index contributed by atoms with van der Waals surface area (Å²) in [6.07, 6.45) is 1.95. The van der Waals surface area contributed by atoms with E-state index in [9.17, 15) is 14.7 Å². The molecule has 0 aromatic rings. The minimum Gasteiger partial charge on any atom is -0.467 e. The van der Waals surface area contributed by atoms with Crippen LogP contribution in [0.25, 0.3) is 0 Å². The lowest BCUT2D eigenvalue weighted by Gasteiger charge is -2.36. The number of nitrogens with zero attached hydrogens (tertiary/aromatic N) is 1. The summed E-state index contributed by atoms with van der Waals surface area (Å²) >= 11 is 1.45. The molecule has 102 valence electrons. The zero-order valence-corrected chi connectivity index (χ0v) is 11.3. The van der Waals surface area contributed by atoms with Crippen molar-refractivity contribution in [3.63, 3.8) is 0 Å². The van der Waals surface area contributed by atoms with Crippen molar-refractivity contribution in [3.8, 4) is 0 Å². The van der Waals surface area contributed by atoms with Crippen LogP contribution in [0.15, 0.2) is 12.7 Å². The molecule has 1 aliphatic heterocycles. The number of hydrogen-bond acceptors (Lipinski definition) is 5. The second kappa shape index (κ2) is 7.43. The van der Waals surface area contributed by atoms with Crippen LogP contribution in [0.3, 0.4) is 0 Å². The number of likely N-dealkylation sites (tertiary alicyclic amines) is 1. The molecule has 0 radical (unpaired) electrons. The summed E-state index contributed by atoms with van der Waals surface area (Å²) in [6.45, 7) is 3.98. The highest BCUT2D eigenvalue weighted by atomic mass is 32.2. The maximum absolute atomic E-state index is 12.0. The second-order valence-corrected chi connectivity index (χ2v) is 5.14. The Hall–Kier alpha value is -1.01. The van der Waals surface area contributed by atoms with E-state index in [0.29, 0.717) is 24.5 Å². The topological polar surface area (TPSA) is 66.8 Å². The van der Waals surface area contributed by atoms with E-state index >= 15 is 0 Å². The van der Waals surface area contributed by atoms with Gasteiger partial charge >= 0.3 is 5.97 Å². The number of methoxy groups -OCH3 is 1. The third-order valence-electron chi connectivity index (χ3n) is 2.83. The molecule has 0 bridgehead atoms. The maximum atomic E-state index is 12.0. The first-order chi connectivity index (χ1) is 8.60. The Balaban J connectivity index is 2.61. The van der Waals surface area contributed by atoms with Crippen molar-refractivity contribution in [2.45, 2.75) is 25.0 Å². The Kier molecular flexibility index (Phi) is 6.21. The van der Waals surface area contributed by atoms with Crippen LogP contribution >= 0.6 is 11.8 Å². The monoisotopic (exact) mass is 273 g/mol. The number of piperidine rings is 1. The molecule has 0 aliphatic carbocycles. The molecule has 6 heteroatoms. The SMILES string of the molecule is C=CCSCC(=O)N1CC[C@@H](O)C[C@H]1C(=O)OC. The highest BCUT2D eigenvalue weighted by Gasteiger charge is 2.35. The van der Waals surface area contributed by atoms with Gasteiger partial charge in [0.25, 0.3) is 0 Å². The van der Waals surface area contributed by atoms with E-state index in [4.69, 9.17) is 0 Å². The predicted octanol–water partition coefficient (Wildman–Crippen LogP) is 0.430. The summed E-state index contributed by atoms with van der Waals surface area (Å²) < 4.78 is 4.68. The number of carbonyl (C=O) groups is 2. The number of thioether (sulfide) groups is 1. The van der Waals surface area contributed by atoms with Crippen molar-refractivity contribution >= 4 is 23.6 Å². The van der Waals surface area contributed by atoms with E-state index < -0.39 is 18.1 Å². The minimum absolute atomic E-state index is 0.0934. The summed E-state index contributed by atoms with van der Waals surface area (Å²) in [5.41, 5.74) is 0. The Morgan fingerprint density at radius 1 is 1.61 bits per heavy atom. The molecule has 1 saturated heterocycles. The Labute approximate surface area is 111 Å². The van der Waals surface area contributed by atoms with Gasteiger partial charge in [0.15, 0.2) is 0 Å². The van der Waals surface area contributed by atoms with Crippen molar-refractivity contribution in [1.82, 2.24) is 4.90 Å². The molecule has 0 unspecified atom stereocenters. The van der Waals surface area contributed by atoms with Gasteiger partial charge in [-0.3, -0.25) is 4.79 Å². The molecule has 2 atom stereocenters. The fourth-order valence-corrected chi connectivity index (χ4v) is 2.54. The largest absolute Gasteiger partial charge is 0.467 e. The zero-order valence-electron chi connectivity index (χ0n) is 10.5. The van der Waals surface area contributed by atoms with Gasteiger partial charge in [0, 0.05) is 18.7 Å². The molecule has 1 heterocycles. The summed E-state index contributed by atoms with van der Waals surface area (Å²) in [5, 5.41) is 9.57. The fourth-order valence-electron chi connectivity index (χ4n) is 1.92. The van der Waals surface area contributed by atoms with Gasteiger partial charge in [-0.2, -0.15) is 0 Å². The molecule has 5 nitrogen and oxygen atoms in total. The van der Waals surface area contributed by atoms with Gasteiger partial charge in [0.2, 0.25) is 5.91 Å². The molecule has 0 aromatic carbocycles. The smallest absolute Gasteiger partial charge is 0.328 e. The third-order valence-corrected chi connectivity index (χ3v) is 3.75. The van der Waals surface area contributed by atoms with Crippen molar-refractivity contribution in [3.05, 3.63) is 12.7 Å². The second-order valence-electron chi connectivity index (χ2n) is 4.11. The average molecular weight is 273 g/mol. The van der Waals surface area contributed by atoms with Crippen LogP contribution in [0.4, 0.5) is 0 Å². The van der Waals surface area contributed by atoms with Gasteiger partial charge in [-0.1, -0.05) is 6.08 Å². The van der Waals surface area contributed by atoms with E-state index in [1.165, 1.54) is 23.8 Å². The fraction of sp³-hybridized carbons (Fsp3) is 0.667. The number of amides is 1. The Morgan fingerprint density at radius 2 is 2.33 bits per heavy atom. The molecule has 1 amide bonds. The maximum Gasteiger partial charge on any atom is 0.328 e. The summed E-state index contributed by atoms with van der Waals surface area (Å²) in [7, 11) is 1.29. The molecule has 1 aliphatic rings. The molecule has 1 N–H and O–H groups in total. The highest BCUT2D eigenvalue weighted by molar-refractivity contribution is 8.00. The standard InChI is InChI=1S/C12H19NO4S/c1-3-6-18-8-11(15)13-5-4-9(14)7-10(13)12(16)17-2/h3,9-10,14H,1,4-8H2,2H3/t9-,10+/m1/s1. The lowest BCUT2D eigenvalue weighted by Crippen LogP contribution is -2.52. The van der Waals surface area contributed by atoms with Crippen LogP contribution in [0.1, 0.15) is 12.8 Å². The van der Waals surface area contributed by atoms with Crippen LogP contribution in [0.2, 0.25) is 0 Å². The van der Waals surface area contributed by atoms with E-state index in [0.717, 1.165) is 0 Å². The van der Waals surface area contributed by atoms with E-state index in [2.05, 4.69) is 11.3 Å². The molecule has 0 aromatic heterocycles. The number of rotatable bonds is 5. The van der Waals surface area contributed by atoms with Gasteiger partial charge in [-0.05, 0) is 6.42 Å². The predicted molar refractivity (Wildman–Crippen MR) is 70.3 cm³/mol. The normalized spacial score (nSPS) is 23.6. The molecule has 0 spiro atoms. The number of carbonyl (C=O) groups excluding carboxylic acids is 2. The summed E-state index contributed by atoms with van der Waals surface area (Å²) in [5.74, 6) is 0.459. The van der Waals surface area contributed by atoms with Gasteiger partial charge in [0.05, 0.1) is 19.0 Å². The van der Waals surface area contributed by atoms with E-state index in [1.807, 2.05) is 0 Å². The Morgan fingerprint density at radius 3 is 2.94 bits per heavy atom. The van der Waals surface area contributed by atoms with Gasteiger partial charge < -0.3 is 14.7 Å². The molecule has 1 fully saturated rings. The van der Waals surface area contributed by atoms with Crippen LogP contribution in [0.5, 0.6) is 0 Å². The number of ether oxygens (including phenoxy) is 1. The number of hydrogen-bond donors (Lipinski definition) is 1. The van der Waals surface area contributed by atoms with Crippen LogP contribution in [0, 0.1) is 0 Å². The van der Waals surface area contributed by atoms with Gasteiger partial charge in [-0.25, -0.2) is 4.79 Å². The first kappa shape index (κ1) is 15.0. The molecule has 18 heavy (non-hydrogen) atoms. The molecule has 1 rings (SSSR count). The lowest BCUT2D eigenvalue weighted by atomic mass is 9.99. The number of aliphatic hydroxyl groups is 1. The van der Waals surface area contributed by atoms with Crippen molar-refractivity contribution in [2.24, 2.45) is 0 Å². The van der Waals surface area contributed by atoms with Crippen molar-refractivity contribution in [2.75, 3.05) is 25.2 Å². The van der Waals surface area contributed by atoms with E-state index in [1.54, 1.807) is 6.08 Å². The zero-order chi connectivity index (χ0) is 13.5. The summed E-state index contributed by atoms with van der Waals surface area (Å²) in [6, 6.07) is -0.657. The van der Waals surface area contributed by atoms with Crippen molar-refractivity contribution in [1.29, 1.82) is 0 Å². The van der Waals surface area contributed by atoms with Gasteiger partial charge in [0.1, 0.15) is 6.04 Å². The van der Waals surface area contributed by atoms with E-state index in [-0.39, 0.29) is 12.3 Å². The summed E-state index contributed by atoms with van der Waals surface area (Å²) in [4.78, 5) is 25.1. The first-order valence-corrected chi connectivity index (χ1v) is 6.99. The molecular weight excluding hydrogens is 254 g/mol. The van der Waals surface area contributed by atoms with Crippen LogP contribution < -0.4 is 0 Å². The van der Waals surface area contributed by atoms with Crippen LogP contribution in [-0.2, 0) is 14.3 Å². The number of esters is 1. The third kappa shape index (κ3) is 4.03. The number of aliphatic hydroxyl groups excluding tert-OH is 1. The highest BCUT2D eigenvalue weighted by Crippen LogP contribution is 2.20. The quantitative estimate of drug-likeness (QED) is 0.447. The first-order valence-electron chi connectivity index (χ1n) is 5.84. The van der Waals surface area contributed by atoms with Gasteiger partial charge in [-0.15, -0.1) is 18.3 Å². The Bertz CT molecular complexity index is 321.